The van der Waals surface area contributed by atoms with Crippen LogP contribution in [0.4, 0.5) is 5.69 Å². The number of β-amino-alcohol motifs (C(OH)–C–C–N with tert-alkyl or cyclic N) is 1. The lowest BCUT2D eigenvalue weighted by Crippen LogP contribution is -2.21. The number of hydrogen-bond acceptors (Lipinski definition) is 4. The molecular formula is C11H13ClN2O3. The van der Waals surface area contributed by atoms with Crippen LogP contribution in [0.3, 0.4) is 0 Å². The molecule has 0 bridgehead atoms. The van der Waals surface area contributed by atoms with Gasteiger partial charge in [0, 0.05) is 36.3 Å². The van der Waals surface area contributed by atoms with Crippen molar-refractivity contribution < 1.29 is 10.0 Å². The van der Waals surface area contributed by atoms with Gasteiger partial charge < -0.3 is 5.11 Å². The Labute approximate surface area is 104 Å². The van der Waals surface area contributed by atoms with Gasteiger partial charge in [-0.2, -0.15) is 0 Å². The fraction of sp³-hybridized carbons (Fsp3) is 0.455. The maximum Gasteiger partial charge on any atom is 0.275 e. The standard InChI is InChI=1S/C11H13ClN2O3/c12-9-2-1-8(11(5-9)14(16)17)6-13-4-3-10(15)7-13/h1-2,5,10,15H,3-4,6-7H2/t10-/m1/s1. The van der Waals surface area contributed by atoms with Crippen LogP contribution in [-0.2, 0) is 6.54 Å². The molecule has 0 spiro atoms. The highest BCUT2D eigenvalue weighted by atomic mass is 35.5. The van der Waals surface area contributed by atoms with Crippen LogP contribution in [0, 0.1) is 10.1 Å². The van der Waals surface area contributed by atoms with Gasteiger partial charge in [-0.15, -0.1) is 0 Å². The van der Waals surface area contributed by atoms with Crippen molar-refractivity contribution >= 4 is 17.3 Å². The number of nitrogens with zero attached hydrogens (tertiary/aromatic N) is 2. The highest BCUT2D eigenvalue weighted by Crippen LogP contribution is 2.25. The van der Waals surface area contributed by atoms with Crippen LogP contribution < -0.4 is 0 Å². The normalized spacial score (nSPS) is 20.7. The van der Waals surface area contributed by atoms with E-state index < -0.39 is 4.92 Å². The second-order valence-corrected chi connectivity index (χ2v) is 4.64. The maximum absolute atomic E-state index is 10.9. The van der Waals surface area contributed by atoms with E-state index in [-0.39, 0.29) is 11.8 Å². The average molecular weight is 257 g/mol. The van der Waals surface area contributed by atoms with Crippen molar-refractivity contribution in [2.45, 2.75) is 19.1 Å². The monoisotopic (exact) mass is 256 g/mol. The molecule has 1 atom stereocenters. The van der Waals surface area contributed by atoms with Crippen LogP contribution in [0.1, 0.15) is 12.0 Å². The summed E-state index contributed by atoms with van der Waals surface area (Å²) in [5, 5.41) is 20.7. The smallest absolute Gasteiger partial charge is 0.275 e. The van der Waals surface area contributed by atoms with Crippen LogP contribution in [0.25, 0.3) is 0 Å². The number of halogens is 1. The lowest BCUT2D eigenvalue weighted by molar-refractivity contribution is -0.385. The van der Waals surface area contributed by atoms with E-state index in [4.69, 9.17) is 11.6 Å². The molecule has 0 radical (unpaired) electrons. The lowest BCUT2D eigenvalue weighted by atomic mass is 10.1. The number of aliphatic hydroxyl groups excluding tert-OH is 1. The molecule has 0 amide bonds. The Kier molecular flexibility index (Phi) is 3.61. The molecule has 0 aliphatic carbocycles. The Hall–Kier alpha value is -1.17. The van der Waals surface area contributed by atoms with Gasteiger partial charge in [0.1, 0.15) is 0 Å². The molecule has 1 N–H and O–H groups in total. The van der Waals surface area contributed by atoms with Crippen molar-refractivity contribution in [3.05, 3.63) is 38.9 Å². The fourth-order valence-electron chi connectivity index (χ4n) is 2.04. The zero-order chi connectivity index (χ0) is 12.4. The van der Waals surface area contributed by atoms with Crippen molar-refractivity contribution in [3.63, 3.8) is 0 Å². The molecule has 0 saturated carbocycles. The maximum atomic E-state index is 10.9. The largest absolute Gasteiger partial charge is 0.392 e. The highest BCUT2D eigenvalue weighted by Gasteiger charge is 2.23. The van der Waals surface area contributed by atoms with Crippen LogP contribution >= 0.6 is 11.6 Å². The van der Waals surface area contributed by atoms with E-state index in [1.807, 2.05) is 4.90 Å². The van der Waals surface area contributed by atoms with Gasteiger partial charge in [-0.05, 0) is 18.6 Å². The van der Waals surface area contributed by atoms with Gasteiger partial charge in [-0.3, -0.25) is 15.0 Å². The lowest BCUT2D eigenvalue weighted by Gasteiger charge is -2.14. The molecule has 92 valence electrons. The summed E-state index contributed by atoms with van der Waals surface area (Å²) in [6.07, 6.45) is 0.405. The zero-order valence-corrected chi connectivity index (χ0v) is 9.93. The highest BCUT2D eigenvalue weighted by molar-refractivity contribution is 6.30. The first-order valence-corrected chi connectivity index (χ1v) is 5.77. The van der Waals surface area contributed by atoms with E-state index in [2.05, 4.69) is 0 Å². The average Bonchev–Trinajstić information content (AvgIpc) is 2.66. The number of rotatable bonds is 3. The molecule has 1 fully saturated rings. The molecule has 6 heteroatoms. The third kappa shape index (κ3) is 2.94. The van der Waals surface area contributed by atoms with Gasteiger partial charge in [0.15, 0.2) is 0 Å². The summed E-state index contributed by atoms with van der Waals surface area (Å²) in [5.74, 6) is 0. The minimum atomic E-state index is -0.423. The Bertz CT molecular complexity index is 439. The molecule has 5 nitrogen and oxygen atoms in total. The Balaban J connectivity index is 2.17. The van der Waals surface area contributed by atoms with Gasteiger partial charge >= 0.3 is 0 Å². The predicted octanol–water partition coefficient (Wildman–Crippen LogP) is 1.81. The molecule has 17 heavy (non-hydrogen) atoms. The van der Waals surface area contributed by atoms with Crippen molar-refractivity contribution in [2.24, 2.45) is 0 Å². The first-order chi connectivity index (χ1) is 8.06. The fourth-order valence-corrected chi connectivity index (χ4v) is 2.20. The minimum Gasteiger partial charge on any atom is -0.392 e. The molecule has 0 unspecified atom stereocenters. The van der Waals surface area contributed by atoms with Crippen LogP contribution in [0.2, 0.25) is 5.02 Å². The van der Waals surface area contributed by atoms with Crippen molar-refractivity contribution in [2.75, 3.05) is 13.1 Å². The Morgan fingerprint density at radius 2 is 2.35 bits per heavy atom. The van der Waals surface area contributed by atoms with Crippen molar-refractivity contribution in [3.8, 4) is 0 Å². The first-order valence-electron chi connectivity index (χ1n) is 5.39. The molecule has 1 heterocycles. The second-order valence-electron chi connectivity index (χ2n) is 4.21. The second kappa shape index (κ2) is 5.00. The van der Waals surface area contributed by atoms with Crippen molar-refractivity contribution in [1.29, 1.82) is 0 Å². The van der Waals surface area contributed by atoms with E-state index in [9.17, 15) is 15.2 Å². The molecule has 1 saturated heterocycles. The summed E-state index contributed by atoms with van der Waals surface area (Å²) in [5.41, 5.74) is 0.674. The molecule has 1 aromatic carbocycles. The summed E-state index contributed by atoms with van der Waals surface area (Å²) in [6, 6.07) is 4.69. The number of aliphatic hydroxyl groups is 1. The summed E-state index contributed by atoms with van der Waals surface area (Å²) in [6.45, 7) is 1.81. The topological polar surface area (TPSA) is 66.6 Å². The SMILES string of the molecule is O=[N+]([O-])c1cc(Cl)ccc1CN1CC[C@@H](O)C1. The van der Waals surface area contributed by atoms with E-state index in [0.29, 0.717) is 23.7 Å². The first kappa shape index (κ1) is 12.3. The van der Waals surface area contributed by atoms with E-state index in [1.54, 1.807) is 12.1 Å². The van der Waals surface area contributed by atoms with Gasteiger partial charge in [0.25, 0.3) is 5.69 Å². The molecule has 2 rings (SSSR count). The van der Waals surface area contributed by atoms with E-state index in [1.165, 1.54) is 6.07 Å². The summed E-state index contributed by atoms with van der Waals surface area (Å²) >= 11 is 5.74. The van der Waals surface area contributed by atoms with Gasteiger partial charge in [-0.1, -0.05) is 11.6 Å². The number of nitro benzene ring substituents is 1. The van der Waals surface area contributed by atoms with Gasteiger partial charge in [0.05, 0.1) is 11.0 Å². The Morgan fingerprint density at radius 1 is 1.59 bits per heavy atom. The number of nitro groups is 1. The van der Waals surface area contributed by atoms with Crippen LogP contribution in [-0.4, -0.2) is 34.1 Å². The van der Waals surface area contributed by atoms with Crippen LogP contribution in [0.5, 0.6) is 0 Å². The number of hydrogen-bond donors (Lipinski definition) is 1. The quantitative estimate of drug-likeness (QED) is 0.662. The summed E-state index contributed by atoms with van der Waals surface area (Å²) in [7, 11) is 0. The molecule has 0 aromatic heterocycles. The Morgan fingerprint density at radius 3 is 2.94 bits per heavy atom. The number of benzene rings is 1. The van der Waals surface area contributed by atoms with Crippen molar-refractivity contribution in [1.82, 2.24) is 4.90 Å². The molecule has 1 aliphatic rings. The van der Waals surface area contributed by atoms with Gasteiger partial charge in [-0.25, -0.2) is 0 Å². The van der Waals surface area contributed by atoms with E-state index in [0.717, 1.165) is 13.0 Å². The number of likely N-dealkylation sites (tertiary alicyclic amines) is 1. The third-order valence-electron chi connectivity index (χ3n) is 2.89. The van der Waals surface area contributed by atoms with Crippen LogP contribution in [0.15, 0.2) is 18.2 Å². The molecular weight excluding hydrogens is 244 g/mol. The minimum absolute atomic E-state index is 0.0406. The van der Waals surface area contributed by atoms with E-state index >= 15 is 0 Å². The van der Waals surface area contributed by atoms with Gasteiger partial charge in [0.2, 0.25) is 0 Å². The molecule has 1 aromatic rings. The third-order valence-corrected chi connectivity index (χ3v) is 3.12. The predicted molar refractivity (Wildman–Crippen MR) is 64.0 cm³/mol. The zero-order valence-electron chi connectivity index (χ0n) is 9.17. The molecule has 1 aliphatic heterocycles. The summed E-state index contributed by atoms with van der Waals surface area (Å²) in [4.78, 5) is 12.5. The summed E-state index contributed by atoms with van der Waals surface area (Å²) < 4.78 is 0.